The van der Waals surface area contributed by atoms with E-state index in [1.807, 2.05) is 35.0 Å². The van der Waals surface area contributed by atoms with Gasteiger partial charge in [0.25, 0.3) is 11.1 Å². The highest BCUT2D eigenvalue weighted by Gasteiger charge is 2.36. The number of nitrogens with one attached hydrogen (secondary N) is 1. The van der Waals surface area contributed by atoms with Gasteiger partial charge in [0.2, 0.25) is 5.91 Å². The van der Waals surface area contributed by atoms with Gasteiger partial charge in [0.1, 0.15) is 12.4 Å². The molecule has 0 aliphatic carbocycles. The molecule has 2 heterocycles. The van der Waals surface area contributed by atoms with E-state index >= 15 is 0 Å². The van der Waals surface area contributed by atoms with Crippen molar-refractivity contribution >= 4 is 51.5 Å². The summed E-state index contributed by atoms with van der Waals surface area (Å²) in [5.74, 6) is -1.83. The molecule has 0 radical (unpaired) electrons. The maximum Gasteiger partial charge on any atom is 0.416 e. The predicted molar refractivity (Wildman–Crippen MR) is 140 cm³/mol. The molecule has 5 rings (SSSR count). The number of hydrogen-bond donors (Lipinski definition) is 1. The molecule has 6 nitrogen and oxygen atoms in total. The number of anilines is 1. The molecule has 0 bridgehead atoms. The van der Waals surface area contributed by atoms with Crippen molar-refractivity contribution in [1.82, 2.24) is 9.47 Å². The molecule has 0 unspecified atom stereocenters. The van der Waals surface area contributed by atoms with Gasteiger partial charge >= 0.3 is 6.18 Å². The Kier molecular flexibility index (Phi) is 7.00. The highest BCUT2D eigenvalue weighted by Crippen LogP contribution is 2.35. The molecule has 198 valence electrons. The number of hydrogen-bond acceptors (Lipinski definition) is 4. The molecule has 1 saturated heterocycles. The number of nitrogens with zero attached hydrogens (tertiary/aromatic N) is 2. The van der Waals surface area contributed by atoms with Gasteiger partial charge in [0.15, 0.2) is 0 Å². The summed E-state index contributed by atoms with van der Waals surface area (Å²) in [5, 5.41) is 2.46. The third kappa shape index (κ3) is 5.73. The highest BCUT2D eigenvalue weighted by atomic mass is 32.2. The summed E-state index contributed by atoms with van der Waals surface area (Å²) in [7, 11) is 0. The van der Waals surface area contributed by atoms with E-state index in [4.69, 9.17) is 0 Å². The fourth-order valence-corrected chi connectivity index (χ4v) is 5.03. The Bertz CT molecular complexity index is 1630. The number of alkyl halides is 3. The van der Waals surface area contributed by atoms with Crippen LogP contribution in [0.1, 0.15) is 16.7 Å². The lowest BCUT2D eigenvalue weighted by Crippen LogP contribution is -2.36. The van der Waals surface area contributed by atoms with Crippen LogP contribution in [0, 0.1) is 5.82 Å². The lowest BCUT2D eigenvalue weighted by atomic mass is 10.1. The van der Waals surface area contributed by atoms with Gasteiger partial charge in [-0.15, -0.1) is 0 Å². The Hall–Kier alpha value is -4.38. The molecular weight excluding hydrogens is 534 g/mol. The first-order valence-corrected chi connectivity index (χ1v) is 12.4. The molecule has 0 spiro atoms. The van der Waals surface area contributed by atoms with Crippen molar-refractivity contribution in [2.24, 2.45) is 0 Å². The molecule has 0 saturated carbocycles. The summed E-state index contributed by atoms with van der Waals surface area (Å²) >= 11 is 0.673. The predicted octanol–water partition coefficient (Wildman–Crippen LogP) is 6.52. The molecule has 0 atom stereocenters. The van der Waals surface area contributed by atoms with Crippen LogP contribution in [0.15, 0.2) is 83.9 Å². The second-order valence-electron chi connectivity index (χ2n) is 8.75. The van der Waals surface area contributed by atoms with E-state index < -0.39 is 35.3 Å². The van der Waals surface area contributed by atoms with Crippen molar-refractivity contribution < 1.29 is 31.9 Å². The molecule has 1 fully saturated rings. The summed E-state index contributed by atoms with van der Waals surface area (Å²) in [6, 6.07) is 17.7. The second-order valence-corrected chi connectivity index (χ2v) is 9.74. The van der Waals surface area contributed by atoms with Crippen LogP contribution >= 0.6 is 11.8 Å². The largest absolute Gasteiger partial charge is 0.416 e. The van der Waals surface area contributed by atoms with Gasteiger partial charge in [-0.05, 0) is 59.8 Å². The van der Waals surface area contributed by atoms with Crippen LogP contribution in [0.25, 0.3) is 17.0 Å². The zero-order valence-electron chi connectivity index (χ0n) is 20.0. The molecule has 3 amide bonds. The molecule has 1 aliphatic rings. The maximum absolute atomic E-state index is 13.3. The molecular formula is C28H19F4N3O3S. The van der Waals surface area contributed by atoms with Crippen LogP contribution < -0.4 is 5.32 Å². The molecule has 39 heavy (non-hydrogen) atoms. The van der Waals surface area contributed by atoms with Crippen molar-refractivity contribution in [3.8, 4) is 0 Å². The van der Waals surface area contributed by atoms with Crippen molar-refractivity contribution in [3.63, 3.8) is 0 Å². The Morgan fingerprint density at radius 2 is 1.72 bits per heavy atom. The van der Waals surface area contributed by atoms with Crippen molar-refractivity contribution in [2.45, 2.75) is 12.7 Å². The summed E-state index contributed by atoms with van der Waals surface area (Å²) in [6.07, 6.45) is -1.19. The van der Waals surface area contributed by atoms with Crippen LogP contribution in [-0.2, 0) is 22.3 Å². The number of carbonyl (C=O) groups excluding carboxylic acids is 3. The number of rotatable bonds is 6. The van der Waals surface area contributed by atoms with Crippen molar-refractivity contribution in [3.05, 3.63) is 106 Å². The number of imide groups is 1. The van der Waals surface area contributed by atoms with Gasteiger partial charge in [-0.3, -0.25) is 19.3 Å². The summed E-state index contributed by atoms with van der Waals surface area (Å²) < 4.78 is 54.1. The second kappa shape index (κ2) is 10.4. The Morgan fingerprint density at radius 1 is 0.974 bits per heavy atom. The van der Waals surface area contributed by atoms with Gasteiger partial charge in [0, 0.05) is 34.9 Å². The van der Waals surface area contributed by atoms with Crippen LogP contribution in [0.4, 0.5) is 28.0 Å². The van der Waals surface area contributed by atoms with E-state index in [2.05, 4.69) is 5.32 Å². The Labute approximate surface area is 223 Å². The third-order valence-corrected chi connectivity index (χ3v) is 6.93. The monoisotopic (exact) mass is 553 g/mol. The number of thioether (sulfide) groups is 1. The number of fused-ring (bicyclic) bond motifs is 1. The SMILES string of the molecule is O=C(CN1C(=O)S/C(=C\c2cn(Cc3ccc(F)cc3)c3ccccc23)C1=O)Nc1cccc(C(F)(F)F)c1. The van der Waals surface area contributed by atoms with Crippen LogP contribution in [-0.4, -0.2) is 33.1 Å². The zero-order chi connectivity index (χ0) is 27.7. The van der Waals surface area contributed by atoms with Crippen molar-refractivity contribution in [1.29, 1.82) is 0 Å². The van der Waals surface area contributed by atoms with Gasteiger partial charge < -0.3 is 9.88 Å². The molecule has 3 aromatic carbocycles. The lowest BCUT2D eigenvalue weighted by molar-refractivity contribution is -0.137. The van der Waals surface area contributed by atoms with Gasteiger partial charge in [-0.25, -0.2) is 4.39 Å². The summed E-state index contributed by atoms with van der Waals surface area (Å²) in [6.45, 7) is -0.198. The number of aromatic nitrogens is 1. The van der Waals surface area contributed by atoms with Crippen molar-refractivity contribution in [2.75, 3.05) is 11.9 Å². The molecule has 1 aromatic heterocycles. The van der Waals surface area contributed by atoms with Crippen LogP contribution in [0.2, 0.25) is 0 Å². The minimum atomic E-state index is -4.58. The van der Waals surface area contributed by atoms with Gasteiger partial charge in [0.05, 0.1) is 10.5 Å². The number of benzene rings is 3. The van der Waals surface area contributed by atoms with E-state index in [0.29, 0.717) is 23.9 Å². The van der Waals surface area contributed by atoms with E-state index in [0.717, 1.165) is 39.6 Å². The normalized spacial score (nSPS) is 15.0. The molecule has 1 N–H and O–H groups in total. The minimum absolute atomic E-state index is 0.105. The lowest BCUT2D eigenvalue weighted by Gasteiger charge is -2.13. The van der Waals surface area contributed by atoms with E-state index in [1.165, 1.54) is 18.2 Å². The number of para-hydroxylation sites is 1. The standard InChI is InChI=1S/C28H19F4N3O3S/c29-20-10-8-17(9-11-20)14-34-15-18(22-6-1-2-7-23(22)34)12-24-26(37)35(27(38)39-24)16-25(36)33-21-5-3-4-19(13-21)28(30,31)32/h1-13,15H,14,16H2,(H,33,36)/b24-12-. The fraction of sp³-hybridized carbons (Fsp3) is 0.107. The number of amides is 3. The molecule has 1 aliphatic heterocycles. The van der Waals surface area contributed by atoms with E-state index in [1.54, 1.807) is 18.2 Å². The first kappa shape index (κ1) is 26.2. The smallest absolute Gasteiger partial charge is 0.342 e. The first-order valence-electron chi connectivity index (χ1n) is 11.6. The quantitative estimate of drug-likeness (QED) is 0.218. The van der Waals surface area contributed by atoms with E-state index in [9.17, 15) is 31.9 Å². The fourth-order valence-electron chi connectivity index (χ4n) is 4.20. The molecule has 4 aromatic rings. The minimum Gasteiger partial charge on any atom is -0.342 e. The number of halogens is 4. The topological polar surface area (TPSA) is 71.4 Å². The van der Waals surface area contributed by atoms with E-state index in [-0.39, 0.29) is 16.4 Å². The van der Waals surface area contributed by atoms with Crippen LogP contribution in [0.3, 0.4) is 0 Å². The van der Waals surface area contributed by atoms with Gasteiger partial charge in [-0.1, -0.05) is 36.4 Å². The first-order chi connectivity index (χ1) is 18.6. The highest BCUT2D eigenvalue weighted by molar-refractivity contribution is 8.18. The zero-order valence-corrected chi connectivity index (χ0v) is 20.9. The molecule has 11 heteroatoms. The summed E-state index contributed by atoms with van der Waals surface area (Å²) in [4.78, 5) is 38.9. The summed E-state index contributed by atoms with van der Waals surface area (Å²) in [5.41, 5.74) is 1.37. The van der Waals surface area contributed by atoms with Crippen LogP contribution in [0.5, 0.6) is 0 Å². The average Bonchev–Trinajstić information content (AvgIpc) is 3.37. The average molecular weight is 554 g/mol. The third-order valence-electron chi connectivity index (χ3n) is 6.02. The number of carbonyl (C=O) groups is 3. The van der Waals surface area contributed by atoms with Gasteiger partial charge in [-0.2, -0.15) is 13.2 Å². The Morgan fingerprint density at radius 3 is 2.46 bits per heavy atom. The maximum atomic E-state index is 13.3. The Balaban J connectivity index is 1.34.